The maximum absolute atomic E-state index is 12.7. The Morgan fingerprint density at radius 3 is 2.58 bits per heavy atom. The molecule has 2 aliphatic rings. The van der Waals surface area contributed by atoms with E-state index in [2.05, 4.69) is 11.1 Å². The second-order valence-electron chi connectivity index (χ2n) is 6.91. The molecule has 2 aromatic heterocycles. The summed E-state index contributed by atoms with van der Waals surface area (Å²) in [7, 11) is 3.01. The second-order valence-corrected chi connectivity index (χ2v) is 6.91. The molecule has 0 spiro atoms. The number of aromatic nitrogens is 4. The van der Waals surface area contributed by atoms with Gasteiger partial charge in [0.15, 0.2) is 11.2 Å². The van der Waals surface area contributed by atoms with E-state index >= 15 is 0 Å². The molecule has 1 aliphatic heterocycles. The Morgan fingerprint density at radius 2 is 1.77 bits per heavy atom. The molecule has 1 amide bonds. The fourth-order valence-corrected chi connectivity index (χ4v) is 4.03. The van der Waals surface area contributed by atoms with Crippen molar-refractivity contribution >= 4 is 28.7 Å². The molecule has 3 aromatic rings. The van der Waals surface area contributed by atoms with Crippen LogP contribution in [0.4, 0.5) is 11.6 Å². The number of fused-ring (bicyclic) bond motifs is 4. The Balaban J connectivity index is 1.77. The molecule has 1 aliphatic carbocycles. The first kappa shape index (κ1) is 15.1. The van der Waals surface area contributed by atoms with E-state index in [9.17, 15) is 14.4 Å². The quantitative estimate of drug-likeness (QED) is 0.643. The summed E-state index contributed by atoms with van der Waals surface area (Å²) in [6.45, 7) is 0.0381. The summed E-state index contributed by atoms with van der Waals surface area (Å²) in [5.41, 5.74) is 3.04. The number of hydrogen-bond donors (Lipinski definition) is 0. The predicted octanol–water partition coefficient (Wildman–Crippen LogP) is 0.601. The number of hydrogen-bond acceptors (Lipinski definition) is 4. The largest absolute Gasteiger partial charge is 0.332 e. The van der Waals surface area contributed by atoms with Gasteiger partial charge < -0.3 is 0 Å². The minimum Gasteiger partial charge on any atom is -0.294 e. The minimum absolute atomic E-state index is 0.0381. The van der Waals surface area contributed by atoms with Crippen molar-refractivity contribution in [2.75, 3.05) is 4.90 Å². The van der Waals surface area contributed by atoms with Crippen molar-refractivity contribution < 1.29 is 4.79 Å². The van der Waals surface area contributed by atoms with E-state index in [0.717, 1.165) is 29.5 Å². The monoisotopic (exact) mass is 351 g/mol. The molecule has 0 bridgehead atoms. The molecule has 0 fully saturated rings. The number of aryl methyl sites for hydroxylation is 3. The molecule has 8 heteroatoms. The molecule has 0 saturated carbocycles. The van der Waals surface area contributed by atoms with Crippen LogP contribution in [0.25, 0.3) is 11.2 Å². The maximum Gasteiger partial charge on any atom is 0.332 e. The third-order valence-electron chi connectivity index (χ3n) is 5.41. The van der Waals surface area contributed by atoms with Crippen molar-refractivity contribution in [1.82, 2.24) is 18.7 Å². The molecular weight excluding hydrogens is 334 g/mol. The van der Waals surface area contributed by atoms with E-state index in [1.165, 1.54) is 22.7 Å². The number of carbonyl (C=O) groups excluding carboxylic acids is 1. The highest BCUT2D eigenvalue weighted by Crippen LogP contribution is 2.35. The highest BCUT2D eigenvalue weighted by Gasteiger charge is 2.34. The molecule has 0 unspecified atom stereocenters. The molecule has 1 aromatic carbocycles. The van der Waals surface area contributed by atoms with Gasteiger partial charge in [-0.3, -0.25) is 23.3 Å². The predicted molar refractivity (Wildman–Crippen MR) is 95.8 cm³/mol. The number of benzene rings is 1. The number of anilines is 2. The molecule has 132 valence electrons. The average molecular weight is 351 g/mol. The van der Waals surface area contributed by atoms with Crippen LogP contribution in [0.2, 0.25) is 0 Å². The lowest BCUT2D eigenvalue weighted by Gasteiger charge is -2.15. The van der Waals surface area contributed by atoms with Crippen LogP contribution < -0.4 is 16.1 Å². The van der Waals surface area contributed by atoms with Gasteiger partial charge in [0.1, 0.15) is 6.54 Å². The molecule has 0 atom stereocenters. The number of rotatable bonds is 1. The van der Waals surface area contributed by atoms with Gasteiger partial charge in [-0.25, -0.2) is 9.69 Å². The van der Waals surface area contributed by atoms with Gasteiger partial charge in [0.2, 0.25) is 5.95 Å². The van der Waals surface area contributed by atoms with Crippen molar-refractivity contribution in [1.29, 1.82) is 0 Å². The van der Waals surface area contributed by atoms with Crippen LogP contribution >= 0.6 is 0 Å². The fraction of sp³-hybridized carbons (Fsp3) is 0.333. The SMILES string of the molecule is Cn1c(=O)c2c(nc3n2CC(=O)N3c2ccc3c(c2)CCC3)n(C)c1=O. The molecule has 8 nitrogen and oxygen atoms in total. The zero-order chi connectivity index (χ0) is 18.2. The van der Waals surface area contributed by atoms with Gasteiger partial charge in [-0.05, 0) is 42.5 Å². The van der Waals surface area contributed by atoms with Gasteiger partial charge >= 0.3 is 5.69 Å². The zero-order valence-corrected chi connectivity index (χ0v) is 14.5. The second kappa shape index (κ2) is 4.94. The Hall–Kier alpha value is -3.16. The highest BCUT2D eigenvalue weighted by atomic mass is 16.2. The summed E-state index contributed by atoms with van der Waals surface area (Å²) in [4.78, 5) is 43.4. The van der Waals surface area contributed by atoms with Crippen LogP contribution in [-0.4, -0.2) is 24.6 Å². The van der Waals surface area contributed by atoms with Crippen molar-refractivity contribution in [3.63, 3.8) is 0 Å². The Labute approximate surface area is 147 Å². The van der Waals surface area contributed by atoms with Gasteiger partial charge in [0.25, 0.3) is 11.5 Å². The molecular formula is C18H17N5O3. The van der Waals surface area contributed by atoms with Crippen LogP contribution in [0.5, 0.6) is 0 Å². The minimum atomic E-state index is -0.439. The van der Waals surface area contributed by atoms with E-state index in [1.54, 1.807) is 16.5 Å². The van der Waals surface area contributed by atoms with Gasteiger partial charge in [-0.2, -0.15) is 4.98 Å². The van der Waals surface area contributed by atoms with E-state index in [-0.39, 0.29) is 18.0 Å². The lowest BCUT2D eigenvalue weighted by atomic mass is 10.1. The number of imidazole rings is 1. The third-order valence-corrected chi connectivity index (χ3v) is 5.41. The number of carbonyl (C=O) groups is 1. The first-order valence-corrected chi connectivity index (χ1v) is 8.58. The van der Waals surface area contributed by atoms with Crippen LogP contribution in [0.15, 0.2) is 27.8 Å². The van der Waals surface area contributed by atoms with Crippen LogP contribution in [0.1, 0.15) is 17.5 Å². The summed E-state index contributed by atoms with van der Waals surface area (Å²) in [5, 5.41) is 0. The van der Waals surface area contributed by atoms with Crippen LogP contribution in [0, 0.1) is 0 Å². The lowest BCUT2D eigenvalue weighted by Crippen LogP contribution is -2.37. The van der Waals surface area contributed by atoms with Crippen molar-refractivity contribution in [2.24, 2.45) is 14.1 Å². The summed E-state index contributed by atoms with van der Waals surface area (Å²) in [6, 6.07) is 6.02. The third kappa shape index (κ3) is 1.78. The van der Waals surface area contributed by atoms with E-state index in [0.29, 0.717) is 11.6 Å². The number of amides is 1. The maximum atomic E-state index is 12.7. The Kier molecular flexibility index (Phi) is 2.87. The normalized spacial score (nSPS) is 15.8. The van der Waals surface area contributed by atoms with E-state index in [1.807, 2.05) is 12.1 Å². The fourth-order valence-electron chi connectivity index (χ4n) is 4.03. The first-order chi connectivity index (χ1) is 12.5. The molecule has 5 rings (SSSR count). The lowest BCUT2D eigenvalue weighted by molar-refractivity contribution is -0.117. The van der Waals surface area contributed by atoms with Crippen LogP contribution in [0.3, 0.4) is 0 Å². The topological polar surface area (TPSA) is 82.1 Å². The molecule has 0 radical (unpaired) electrons. The first-order valence-electron chi connectivity index (χ1n) is 8.58. The molecule has 26 heavy (non-hydrogen) atoms. The van der Waals surface area contributed by atoms with E-state index in [4.69, 9.17) is 0 Å². The Morgan fingerprint density at radius 1 is 1.00 bits per heavy atom. The molecule has 0 saturated heterocycles. The standard InChI is InChI=1S/C18H17N5O3/c1-20-15-14(16(25)21(2)18(20)26)22-9-13(24)23(17(22)19-15)12-7-6-10-4-3-5-11(10)8-12/h6-8H,3-5,9H2,1-2H3. The van der Waals surface area contributed by atoms with Gasteiger partial charge in [0, 0.05) is 14.1 Å². The summed E-state index contributed by atoms with van der Waals surface area (Å²) < 4.78 is 3.99. The Bertz CT molecular complexity index is 1230. The van der Waals surface area contributed by atoms with Crippen molar-refractivity contribution in [3.8, 4) is 0 Å². The van der Waals surface area contributed by atoms with Crippen molar-refractivity contribution in [3.05, 3.63) is 50.2 Å². The number of nitrogens with zero attached hydrogens (tertiary/aromatic N) is 5. The van der Waals surface area contributed by atoms with E-state index < -0.39 is 11.2 Å². The van der Waals surface area contributed by atoms with Gasteiger partial charge in [-0.15, -0.1) is 0 Å². The highest BCUT2D eigenvalue weighted by molar-refractivity contribution is 6.04. The smallest absolute Gasteiger partial charge is 0.294 e. The van der Waals surface area contributed by atoms with Crippen molar-refractivity contribution in [2.45, 2.75) is 25.8 Å². The summed E-state index contributed by atoms with van der Waals surface area (Å²) in [6.07, 6.45) is 3.21. The molecule has 3 heterocycles. The van der Waals surface area contributed by atoms with Crippen LogP contribution in [-0.2, 0) is 38.3 Å². The average Bonchev–Trinajstić information content (AvgIpc) is 3.30. The zero-order valence-electron chi connectivity index (χ0n) is 14.5. The van der Waals surface area contributed by atoms with Gasteiger partial charge in [0.05, 0.1) is 5.69 Å². The summed E-state index contributed by atoms with van der Waals surface area (Å²) >= 11 is 0. The van der Waals surface area contributed by atoms with Gasteiger partial charge in [-0.1, -0.05) is 6.07 Å². The summed E-state index contributed by atoms with van der Waals surface area (Å²) in [5.74, 6) is 0.254. The molecule has 0 N–H and O–H groups in total.